The lowest BCUT2D eigenvalue weighted by Crippen LogP contribution is -2.16. The molecular formula is C3H8NO5S-. The lowest BCUT2D eigenvalue weighted by molar-refractivity contribution is -0.135. The molecule has 0 fully saturated rings. The minimum absolute atomic E-state index is 0.0417. The van der Waals surface area contributed by atoms with Crippen LogP contribution in [0.4, 0.5) is 0 Å². The van der Waals surface area contributed by atoms with Crippen LogP contribution in [0, 0.1) is 0 Å². The molecule has 3 N–H and O–H groups in total. The van der Waals surface area contributed by atoms with Crippen molar-refractivity contribution in [2.24, 2.45) is 0 Å². The third-order valence-corrected chi connectivity index (χ3v) is 0.328. The summed E-state index contributed by atoms with van der Waals surface area (Å²) in [6.45, 7) is 0.0417. The summed E-state index contributed by atoms with van der Waals surface area (Å²) in [5, 5.41) is 10.3. The Morgan fingerprint density at radius 3 is 2.10 bits per heavy atom. The third-order valence-electron chi connectivity index (χ3n) is 0.328. The van der Waals surface area contributed by atoms with Crippen molar-refractivity contribution in [2.45, 2.75) is 0 Å². The first-order chi connectivity index (χ1) is 4.50. The molecule has 0 aliphatic rings. The highest BCUT2D eigenvalue weighted by atomic mass is 32.2. The van der Waals surface area contributed by atoms with Gasteiger partial charge in [0.1, 0.15) is 0 Å². The SMILES string of the molecule is CNCC(=O)O.O=S([O-])O. The zero-order valence-electron chi connectivity index (χ0n) is 5.23. The second-order valence-electron chi connectivity index (χ2n) is 1.14. The average Bonchev–Trinajstić information content (AvgIpc) is 1.62. The van der Waals surface area contributed by atoms with Crippen molar-refractivity contribution in [3.63, 3.8) is 0 Å². The van der Waals surface area contributed by atoms with Gasteiger partial charge in [-0.3, -0.25) is 4.79 Å². The van der Waals surface area contributed by atoms with Gasteiger partial charge < -0.3 is 19.5 Å². The van der Waals surface area contributed by atoms with Gasteiger partial charge >= 0.3 is 5.97 Å². The van der Waals surface area contributed by atoms with E-state index in [1.54, 1.807) is 7.05 Å². The van der Waals surface area contributed by atoms with Gasteiger partial charge in [0.05, 0.1) is 17.9 Å². The van der Waals surface area contributed by atoms with Crippen LogP contribution >= 0.6 is 0 Å². The van der Waals surface area contributed by atoms with Gasteiger partial charge in [-0.05, 0) is 7.05 Å². The molecule has 62 valence electrons. The van der Waals surface area contributed by atoms with Gasteiger partial charge in [0, 0.05) is 0 Å². The molecule has 0 saturated heterocycles. The highest BCUT2D eigenvalue weighted by Crippen LogP contribution is 1.50. The maximum absolute atomic E-state index is 9.54. The second-order valence-corrected chi connectivity index (χ2v) is 1.58. The standard InChI is InChI=1S/C3H7NO2.H2O3S/c1-4-2-3(5)6;1-4(2)3/h4H,2H2,1H3,(H,5,6);(H2,1,2,3)/p-1. The van der Waals surface area contributed by atoms with Crippen LogP contribution < -0.4 is 5.32 Å². The molecular weight excluding hydrogens is 162 g/mol. The Morgan fingerprint density at radius 1 is 1.80 bits per heavy atom. The van der Waals surface area contributed by atoms with Crippen LogP contribution in [0.15, 0.2) is 0 Å². The molecule has 0 aliphatic carbocycles. The maximum atomic E-state index is 9.54. The molecule has 1 atom stereocenters. The maximum Gasteiger partial charge on any atom is 0.317 e. The number of rotatable bonds is 2. The van der Waals surface area contributed by atoms with E-state index in [1.165, 1.54) is 0 Å². The van der Waals surface area contributed by atoms with E-state index in [0.29, 0.717) is 0 Å². The lowest BCUT2D eigenvalue weighted by Gasteiger charge is -1.84. The summed E-state index contributed by atoms with van der Waals surface area (Å²) < 4.78 is 24.1. The summed E-state index contributed by atoms with van der Waals surface area (Å²) in [7, 11) is 1.59. The monoisotopic (exact) mass is 170 g/mol. The highest BCUT2D eigenvalue weighted by molar-refractivity contribution is 7.73. The smallest absolute Gasteiger partial charge is 0.317 e. The minimum Gasteiger partial charge on any atom is -0.750 e. The molecule has 0 saturated carbocycles. The Balaban J connectivity index is 0. The number of carboxylic acids is 1. The van der Waals surface area contributed by atoms with Gasteiger partial charge in [-0.2, -0.15) is 0 Å². The summed E-state index contributed by atoms with van der Waals surface area (Å²) >= 11 is -2.86. The largest absolute Gasteiger partial charge is 0.750 e. The van der Waals surface area contributed by atoms with E-state index in [9.17, 15) is 4.79 Å². The Labute approximate surface area is 60.4 Å². The van der Waals surface area contributed by atoms with E-state index >= 15 is 0 Å². The Kier molecular flexibility index (Phi) is 10.4. The zero-order chi connectivity index (χ0) is 8.57. The van der Waals surface area contributed by atoms with Crippen LogP contribution in [0.5, 0.6) is 0 Å². The summed E-state index contributed by atoms with van der Waals surface area (Å²) in [4.78, 5) is 9.54. The number of carboxylic acid groups (broad SMARTS) is 1. The number of nitrogens with one attached hydrogen (secondary N) is 1. The molecule has 0 aromatic rings. The topological polar surface area (TPSA) is 110 Å². The molecule has 0 aliphatic heterocycles. The first-order valence-electron chi connectivity index (χ1n) is 2.15. The zero-order valence-corrected chi connectivity index (χ0v) is 6.05. The van der Waals surface area contributed by atoms with Crippen molar-refractivity contribution < 1.29 is 23.2 Å². The molecule has 6 nitrogen and oxygen atoms in total. The molecule has 0 heterocycles. The van der Waals surface area contributed by atoms with Crippen LogP contribution in [0.3, 0.4) is 0 Å². The van der Waals surface area contributed by atoms with E-state index in [0.717, 1.165) is 0 Å². The van der Waals surface area contributed by atoms with Crippen molar-refractivity contribution in [1.82, 2.24) is 5.32 Å². The summed E-state index contributed by atoms with van der Waals surface area (Å²) in [6.07, 6.45) is 0. The van der Waals surface area contributed by atoms with E-state index in [-0.39, 0.29) is 6.54 Å². The summed E-state index contributed by atoms with van der Waals surface area (Å²) in [5.41, 5.74) is 0. The predicted molar refractivity (Wildman–Crippen MR) is 33.1 cm³/mol. The fraction of sp³-hybridized carbons (Fsp3) is 0.667. The molecule has 0 aromatic carbocycles. The van der Waals surface area contributed by atoms with Gasteiger partial charge in [-0.25, -0.2) is 4.21 Å². The Bertz CT molecular complexity index is 111. The van der Waals surface area contributed by atoms with E-state index in [1.807, 2.05) is 0 Å². The highest BCUT2D eigenvalue weighted by Gasteiger charge is 1.86. The lowest BCUT2D eigenvalue weighted by atomic mass is 10.7. The molecule has 7 heteroatoms. The molecule has 0 aromatic heterocycles. The van der Waals surface area contributed by atoms with Crippen LogP contribution in [0.1, 0.15) is 0 Å². The molecule has 10 heavy (non-hydrogen) atoms. The van der Waals surface area contributed by atoms with Gasteiger partial charge in [0.15, 0.2) is 0 Å². The molecule has 1 unspecified atom stereocenters. The molecule has 0 bridgehead atoms. The van der Waals surface area contributed by atoms with Gasteiger partial charge in [0.25, 0.3) is 0 Å². The van der Waals surface area contributed by atoms with E-state index in [4.69, 9.17) is 18.4 Å². The summed E-state index contributed by atoms with van der Waals surface area (Å²) in [5.74, 6) is -0.822. The molecule has 0 amide bonds. The third kappa shape index (κ3) is 50.7. The predicted octanol–water partition coefficient (Wildman–Crippen LogP) is -1.37. The second kappa shape index (κ2) is 8.50. The van der Waals surface area contributed by atoms with Crippen molar-refractivity contribution in [3.8, 4) is 0 Å². The Hall–Kier alpha value is -0.500. The fourth-order valence-electron chi connectivity index (χ4n) is 0.151. The van der Waals surface area contributed by atoms with Crippen molar-refractivity contribution in [1.29, 1.82) is 0 Å². The van der Waals surface area contributed by atoms with Gasteiger partial charge in [0.2, 0.25) is 0 Å². The van der Waals surface area contributed by atoms with Crippen molar-refractivity contribution in [3.05, 3.63) is 0 Å². The number of likely N-dealkylation sites (N-methyl/N-ethyl adjacent to an activating group) is 1. The summed E-state index contributed by atoms with van der Waals surface area (Å²) in [6, 6.07) is 0. The molecule has 0 radical (unpaired) electrons. The van der Waals surface area contributed by atoms with Gasteiger partial charge in [-0.15, -0.1) is 0 Å². The van der Waals surface area contributed by atoms with Crippen molar-refractivity contribution >= 4 is 17.3 Å². The number of hydrogen-bond donors (Lipinski definition) is 3. The minimum atomic E-state index is -2.86. The van der Waals surface area contributed by atoms with E-state index < -0.39 is 17.3 Å². The number of carbonyl (C=O) groups is 1. The molecule has 0 spiro atoms. The fourth-order valence-corrected chi connectivity index (χ4v) is 0.151. The number of hydrogen-bond acceptors (Lipinski definition) is 4. The van der Waals surface area contributed by atoms with Crippen LogP contribution in [-0.4, -0.2) is 38.0 Å². The van der Waals surface area contributed by atoms with Crippen LogP contribution in [0.25, 0.3) is 0 Å². The van der Waals surface area contributed by atoms with E-state index in [2.05, 4.69) is 5.32 Å². The first-order valence-corrected chi connectivity index (χ1v) is 3.18. The first kappa shape index (κ1) is 12.2. The van der Waals surface area contributed by atoms with Gasteiger partial charge in [-0.1, -0.05) is 0 Å². The van der Waals surface area contributed by atoms with Crippen LogP contribution in [-0.2, 0) is 16.2 Å². The Morgan fingerprint density at radius 2 is 2.10 bits per heavy atom. The quantitative estimate of drug-likeness (QED) is 0.441. The van der Waals surface area contributed by atoms with Crippen LogP contribution in [0.2, 0.25) is 0 Å². The van der Waals surface area contributed by atoms with Crippen molar-refractivity contribution in [2.75, 3.05) is 13.6 Å². The number of aliphatic carboxylic acids is 1. The normalized spacial score (nSPS) is 11.1. The molecule has 0 rings (SSSR count). The average molecular weight is 170 g/mol.